The summed E-state index contributed by atoms with van der Waals surface area (Å²) < 4.78 is 7.26. The number of urea groups is 1. The number of carbonyl (C=O) groups excluding carboxylic acids is 1. The first kappa shape index (κ1) is 19.8. The van der Waals surface area contributed by atoms with Crippen LogP contribution < -0.4 is 4.74 Å². The van der Waals surface area contributed by atoms with Crippen LogP contribution in [0.4, 0.5) is 4.79 Å². The number of aryl methyl sites for hydroxylation is 1. The molecular formula is C22H31N5O2. The number of carbonyl (C=O) groups is 1. The number of aromatic nitrogens is 2. The molecule has 2 aliphatic heterocycles. The van der Waals surface area contributed by atoms with Crippen molar-refractivity contribution in [1.29, 1.82) is 0 Å². The van der Waals surface area contributed by atoms with Crippen molar-refractivity contribution in [2.75, 3.05) is 40.8 Å². The van der Waals surface area contributed by atoms with E-state index in [-0.39, 0.29) is 12.1 Å². The van der Waals surface area contributed by atoms with Gasteiger partial charge in [0.2, 0.25) is 0 Å². The number of rotatable bonds is 4. The Kier molecular flexibility index (Phi) is 5.25. The van der Waals surface area contributed by atoms with Crippen LogP contribution in [0.1, 0.15) is 22.9 Å². The molecule has 7 nitrogen and oxygen atoms in total. The van der Waals surface area contributed by atoms with Crippen molar-refractivity contribution < 1.29 is 9.53 Å². The van der Waals surface area contributed by atoms with E-state index in [1.165, 1.54) is 16.8 Å². The summed E-state index contributed by atoms with van der Waals surface area (Å²) in [5.41, 5.74) is 3.70. The van der Waals surface area contributed by atoms with E-state index < -0.39 is 0 Å². The molecule has 3 heterocycles. The van der Waals surface area contributed by atoms with E-state index in [0.29, 0.717) is 11.8 Å². The van der Waals surface area contributed by atoms with Crippen LogP contribution >= 0.6 is 0 Å². The number of likely N-dealkylation sites (tertiary alicyclic amines) is 2. The maximum Gasteiger partial charge on any atom is 0.320 e. The molecular weight excluding hydrogens is 366 g/mol. The quantitative estimate of drug-likeness (QED) is 0.796. The van der Waals surface area contributed by atoms with Gasteiger partial charge in [0.05, 0.1) is 19.3 Å². The maximum atomic E-state index is 12.9. The molecule has 2 aromatic rings. The number of benzene rings is 1. The predicted molar refractivity (Wildman–Crippen MR) is 112 cm³/mol. The molecule has 0 N–H and O–H groups in total. The van der Waals surface area contributed by atoms with Gasteiger partial charge in [-0.15, -0.1) is 0 Å². The van der Waals surface area contributed by atoms with Gasteiger partial charge in [-0.05, 0) is 30.5 Å². The van der Waals surface area contributed by atoms with Crippen LogP contribution in [0.25, 0.3) is 0 Å². The number of amides is 2. The number of ether oxygens (including phenoxy) is 1. The van der Waals surface area contributed by atoms with Crippen molar-refractivity contribution in [2.45, 2.75) is 19.5 Å². The van der Waals surface area contributed by atoms with E-state index in [1.807, 2.05) is 44.2 Å². The van der Waals surface area contributed by atoms with Crippen LogP contribution in [-0.2, 0) is 13.6 Å². The van der Waals surface area contributed by atoms with Crippen LogP contribution in [0, 0.1) is 18.8 Å². The summed E-state index contributed by atoms with van der Waals surface area (Å²) in [4.78, 5) is 19.2. The third-order valence-electron chi connectivity index (χ3n) is 6.56. The fraction of sp³-hybridized carbons (Fsp3) is 0.545. The van der Waals surface area contributed by atoms with E-state index >= 15 is 0 Å². The first-order valence-corrected chi connectivity index (χ1v) is 10.2. The molecule has 29 heavy (non-hydrogen) atoms. The largest absolute Gasteiger partial charge is 0.497 e. The molecule has 0 unspecified atom stereocenters. The second-order valence-electron chi connectivity index (χ2n) is 8.54. The van der Waals surface area contributed by atoms with Gasteiger partial charge in [-0.3, -0.25) is 9.58 Å². The molecule has 3 atom stereocenters. The minimum Gasteiger partial charge on any atom is -0.497 e. The topological polar surface area (TPSA) is 53.8 Å². The molecule has 1 aromatic heterocycles. The van der Waals surface area contributed by atoms with Gasteiger partial charge < -0.3 is 14.5 Å². The summed E-state index contributed by atoms with van der Waals surface area (Å²) in [5, 5.41) is 4.38. The average Bonchev–Trinajstić information content (AvgIpc) is 3.35. The molecule has 2 saturated heterocycles. The van der Waals surface area contributed by atoms with E-state index in [0.717, 1.165) is 31.9 Å². The lowest BCUT2D eigenvalue weighted by Gasteiger charge is -2.32. The monoisotopic (exact) mass is 397 g/mol. The van der Waals surface area contributed by atoms with Crippen molar-refractivity contribution in [1.82, 2.24) is 24.5 Å². The number of methoxy groups -OCH3 is 1. The number of fused-ring (bicyclic) bond motifs is 1. The Bertz CT molecular complexity index is 876. The van der Waals surface area contributed by atoms with Gasteiger partial charge in [-0.25, -0.2) is 4.79 Å². The third-order valence-corrected chi connectivity index (χ3v) is 6.56. The van der Waals surface area contributed by atoms with E-state index in [1.54, 1.807) is 12.0 Å². The average molecular weight is 398 g/mol. The van der Waals surface area contributed by atoms with Gasteiger partial charge in [-0.1, -0.05) is 12.1 Å². The molecule has 0 saturated carbocycles. The van der Waals surface area contributed by atoms with Gasteiger partial charge in [0, 0.05) is 64.5 Å². The molecule has 2 fully saturated rings. The number of hydrogen-bond donors (Lipinski definition) is 0. The Balaban J connectivity index is 1.57. The Hall–Kier alpha value is -2.54. The van der Waals surface area contributed by atoms with Gasteiger partial charge in [0.1, 0.15) is 5.75 Å². The van der Waals surface area contributed by atoms with Crippen LogP contribution in [0.2, 0.25) is 0 Å². The summed E-state index contributed by atoms with van der Waals surface area (Å²) in [5.74, 6) is 1.76. The fourth-order valence-electron chi connectivity index (χ4n) is 4.89. The molecule has 1 aromatic carbocycles. The lowest BCUT2D eigenvalue weighted by molar-refractivity contribution is 0.151. The minimum absolute atomic E-state index is 0.0925. The zero-order valence-electron chi connectivity index (χ0n) is 18.0. The molecule has 2 aliphatic rings. The summed E-state index contributed by atoms with van der Waals surface area (Å²) in [6, 6.07) is 8.39. The molecule has 156 valence electrons. The van der Waals surface area contributed by atoms with Crippen molar-refractivity contribution in [3.05, 3.63) is 47.3 Å². The van der Waals surface area contributed by atoms with Crippen molar-refractivity contribution in [2.24, 2.45) is 18.9 Å². The SMILES string of the molecule is COc1ccc([C@H]2[C@@H]3CN(Cc4cnn(C)c4C)C[C@@H]3CN2C(=O)N(C)C)cc1. The maximum absolute atomic E-state index is 12.9. The number of nitrogens with zero attached hydrogens (tertiary/aromatic N) is 5. The lowest BCUT2D eigenvalue weighted by atomic mass is 9.89. The van der Waals surface area contributed by atoms with Crippen molar-refractivity contribution in [3.63, 3.8) is 0 Å². The highest BCUT2D eigenvalue weighted by molar-refractivity contribution is 5.75. The molecule has 0 spiro atoms. The Morgan fingerprint density at radius 2 is 1.93 bits per heavy atom. The van der Waals surface area contributed by atoms with E-state index in [9.17, 15) is 4.79 Å². The van der Waals surface area contributed by atoms with Crippen molar-refractivity contribution in [3.8, 4) is 5.75 Å². The zero-order chi connectivity index (χ0) is 20.7. The van der Waals surface area contributed by atoms with Gasteiger partial charge in [0.15, 0.2) is 0 Å². The molecule has 2 amide bonds. The van der Waals surface area contributed by atoms with Crippen molar-refractivity contribution >= 4 is 6.03 Å². The number of hydrogen-bond acceptors (Lipinski definition) is 4. The van der Waals surface area contributed by atoms with Crippen LogP contribution in [-0.4, -0.2) is 71.4 Å². The lowest BCUT2D eigenvalue weighted by Crippen LogP contribution is -2.41. The Labute approximate surface area is 172 Å². The molecule has 0 radical (unpaired) electrons. The highest BCUT2D eigenvalue weighted by Crippen LogP contribution is 2.45. The normalized spacial score (nSPS) is 24.0. The van der Waals surface area contributed by atoms with Crippen LogP contribution in [0.5, 0.6) is 5.75 Å². The zero-order valence-corrected chi connectivity index (χ0v) is 18.0. The second kappa shape index (κ2) is 7.71. The summed E-state index contributed by atoms with van der Waals surface area (Å²) in [6.45, 7) is 5.86. The third kappa shape index (κ3) is 3.59. The van der Waals surface area contributed by atoms with Crippen LogP contribution in [0.3, 0.4) is 0 Å². The predicted octanol–water partition coefficient (Wildman–Crippen LogP) is 2.52. The molecule has 7 heteroatoms. The molecule has 0 bridgehead atoms. The summed E-state index contributed by atoms with van der Waals surface area (Å²) >= 11 is 0. The van der Waals surface area contributed by atoms with E-state index in [2.05, 4.69) is 34.0 Å². The first-order valence-electron chi connectivity index (χ1n) is 10.2. The highest BCUT2D eigenvalue weighted by atomic mass is 16.5. The Morgan fingerprint density at radius 3 is 2.52 bits per heavy atom. The first-order chi connectivity index (χ1) is 13.9. The summed E-state index contributed by atoms with van der Waals surface area (Å²) in [6.07, 6.45) is 1.98. The standard InChI is InChI=1S/C22H31N5O2/c1-15-17(10-23-25(15)4)11-26-12-18-13-27(22(28)24(2)3)21(20(18)14-26)16-6-8-19(29-5)9-7-16/h6-10,18,20-21H,11-14H2,1-5H3/t18-,20-,21+/m1/s1. The second-order valence-corrected chi connectivity index (χ2v) is 8.54. The fourth-order valence-corrected chi connectivity index (χ4v) is 4.89. The smallest absolute Gasteiger partial charge is 0.320 e. The van der Waals surface area contributed by atoms with Crippen LogP contribution in [0.15, 0.2) is 30.5 Å². The van der Waals surface area contributed by atoms with Gasteiger partial charge >= 0.3 is 6.03 Å². The molecule has 0 aliphatic carbocycles. The van der Waals surface area contributed by atoms with E-state index in [4.69, 9.17) is 4.74 Å². The van der Waals surface area contributed by atoms with Gasteiger partial charge in [-0.2, -0.15) is 5.10 Å². The van der Waals surface area contributed by atoms with Gasteiger partial charge in [0.25, 0.3) is 0 Å². The molecule has 4 rings (SSSR count). The minimum atomic E-state index is 0.0925. The highest BCUT2D eigenvalue weighted by Gasteiger charge is 2.49. The summed E-state index contributed by atoms with van der Waals surface area (Å²) in [7, 11) is 7.33. The Morgan fingerprint density at radius 1 is 1.21 bits per heavy atom.